The lowest BCUT2D eigenvalue weighted by Gasteiger charge is -2.36. The number of nitriles is 1. The summed E-state index contributed by atoms with van der Waals surface area (Å²) in [6, 6.07) is 23.1. The molecule has 23 heavy (non-hydrogen) atoms. The first-order valence-corrected chi connectivity index (χ1v) is 8.22. The van der Waals surface area contributed by atoms with Crippen LogP contribution in [0.5, 0.6) is 0 Å². The molecule has 2 nitrogen and oxygen atoms in total. The average Bonchev–Trinajstić information content (AvgIpc) is 2.57. The van der Waals surface area contributed by atoms with Gasteiger partial charge in [-0.3, -0.25) is 4.90 Å². The normalized spacial score (nSPS) is 12.8. The Bertz CT molecular complexity index is 626. The molecule has 0 bridgehead atoms. The Hall–Kier alpha value is -2.11. The van der Waals surface area contributed by atoms with Gasteiger partial charge in [0.25, 0.3) is 0 Å². The summed E-state index contributed by atoms with van der Waals surface area (Å²) in [5.74, 6) is -0.0272. The predicted octanol–water partition coefficient (Wildman–Crippen LogP) is 4.98. The second-order valence-electron chi connectivity index (χ2n) is 6.79. The van der Waals surface area contributed by atoms with Gasteiger partial charge in [0.1, 0.15) is 0 Å². The molecule has 0 spiro atoms. The standard InChI is InChI=1S/C21H26N2/c1-21(2,23(3)17-18-10-6-4-7-11-18)15-14-20(16-22)19-12-8-5-9-13-19/h4-13,20H,14-15,17H2,1-3H3/t20-/m0/s1. The van der Waals surface area contributed by atoms with Gasteiger partial charge in [-0.15, -0.1) is 0 Å². The SMILES string of the molecule is CN(Cc1ccccc1)C(C)(C)CC[C@@H](C#N)c1ccccc1. The van der Waals surface area contributed by atoms with Gasteiger partial charge < -0.3 is 0 Å². The molecule has 1 atom stereocenters. The molecule has 0 aromatic heterocycles. The molecule has 2 aromatic rings. The van der Waals surface area contributed by atoms with E-state index in [9.17, 15) is 5.26 Å². The minimum atomic E-state index is -0.0272. The molecule has 0 N–H and O–H groups in total. The maximum atomic E-state index is 9.49. The van der Waals surface area contributed by atoms with Crippen LogP contribution in [0.15, 0.2) is 60.7 Å². The van der Waals surface area contributed by atoms with Gasteiger partial charge in [-0.2, -0.15) is 5.26 Å². The van der Waals surface area contributed by atoms with Crippen molar-refractivity contribution in [1.82, 2.24) is 4.90 Å². The van der Waals surface area contributed by atoms with E-state index in [1.165, 1.54) is 5.56 Å². The highest BCUT2D eigenvalue weighted by Crippen LogP contribution is 2.28. The predicted molar refractivity (Wildman–Crippen MR) is 96.0 cm³/mol. The van der Waals surface area contributed by atoms with Gasteiger partial charge in [0, 0.05) is 12.1 Å². The van der Waals surface area contributed by atoms with Gasteiger partial charge in [0.15, 0.2) is 0 Å². The van der Waals surface area contributed by atoms with Crippen LogP contribution < -0.4 is 0 Å². The fraction of sp³-hybridized carbons (Fsp3) is 0.381. The Morgan fingerprint density at radius 1 is 1.00 bits per heavy atom. The zero-order valence-corrected chi connectivity index (χ0v) is 14.4. The van der Waals surface area contributed by atoms with Gasteiger partial charge in [-0.25, -0.2) is 0 Å². The van der Waals surface area contributed by atoms with E-state index in [2.05, 4.69) is 68.3 Å². The average molecular weight is 306 g/mol. The largest absolute Gasteiger partial charge is 0.297 e. The van der Waals surface area contributed by atoms with Crippen LogP contribution in [-0.4, -0.2) is 17.5 Å². The zero-order valence-electron chi connectivity index (χ0n) is 14.4. The third-order valence-corrected chi connectivity index (χ3v) is 4.70. The molecule has 2 aromatic carbocycles. The van der Waals surface area contributed by atoms with Crippen molar-refractivity contribution >= 4 is 0 Å². The summed E-state index contributed by atoms with van der Waals surface area (Å²) in [5, 5.41) is 9.49. The maximum Gasteiger partial charge on any atom is 0.0713 e. The molecule has 2 rings (SSSR count). The van der Waals surface area contributed by atoms with Crippen LogP contribution in [0, 0.1) is 11.3 Å². The van der Waals surface area contributed by atoms with Crippen molar-refractivity contribution in [3.63, 3.8) is 0 Å². The van der Waals surface area contributed by atoms with Crippen LogP contribution in [-0.2, 0) is 6.54 Å². The molecule has 0 radical (unpaired) electrons. The molecule has 0 aliphatic heterocycles. The molecule has 0 heterocycles. The number of rotatable bonds is 7. The molecule has 0 fully saturated rings. The van der Waals surface area contributed by atoms with Gasteiger partial charge in [-0.1, -0.05) is 60.7 Å². The lowest BCUT2D eigenvalue weighted by Crippen LogP contribution is -2.40. The van der Waals surface area contributed by atoms with E-state index in [0.29, 0.717) is 0 Å². The minimum Gasteiger partial charge on any atom is -0.297 e. The summed E-state index contributed by atoms with van der Waals surface area (Å²) in [5.41, 5.74) is 2.50. The Balaban J connectivity index is 1.96. The lowest BCUT2D eigenvalue weighted by molar-refractivity contribution is 0.133. The summed E-state index contributed by atoms with van der Waals surface area (Å²) in [4.78, 5) is 2.38. The van der Waals surface area contributed by atoms with E-state index in [0.717, 1.165) is 24.9 Å². The van der Waals surface area contributed by atoms with Gasteiger partial charge in [0.2, 0.25) is 0 Å². The summed E-state index contributed by atoms with van der Waals surface area (Å²) >= 11 is 0. The van der Waals surface area contributed by atoms with Crippen LogP contribution in [0.4, 0.5) is 0 Å². The van der Waals surface area contributed by atoms with E-state index in [1.54, 1.807) is 0 Å². The molecule has 0 amide bonds. The minimum absolute atomic E-state index is 0.0272. The molecule has 0 saturated carbocycles. The molecule has 2 heteroatoms. The molecular formula is C21H26N2. The summed E-state index contributed by atoms with van der Waals surface area (Å²) in [7, 11) is 2.16. The van der Waals surface area contributed by atoms with Crippen molar-refractivity contribution in [3.8, 4) is 6.07 Å². The lowest BCUT2D eigenvalue weighted by atomic mass is 9.88. The van der Waals surface area contributed by atoms with Gasteiger partial charge in [0.05, 0.1) is 12.0 Å². The zero-order chi connectivity index (χ0) is 16.7. The number of hydrogen-bond donors (Lipinski definition) is 0. The monoisotopic (exact) mass is 306 g/mol. The molecule has 0 aliphatic carbocycles. The third-order valence-electron chi connectivity index (χ3n) is 4.70. The Kier molecular flexibility index (Phi) is 5.96. The summed E-state index contributed by atoms with van der Waals surface area (Å²) in [6.07, 6.45) is 1.87. The van der Waals surface area contributed by atoms with Crippen LogP contribution in [0.1, 0.15) is 43.7 Å². The van der Waals surface area contributed by atoms with Crippen molar-refractivity contribution in [2.24, 2.45) is 0 Å². The summed E-state index contributed by atoms with van der Waals surface area (Å²) < 4.78 is 0. The van der Waals surface area contributed by atoms with E-state index < -0.39 is 0 Å². The van der Waals surface area contributed by atoms with Gasteiger partial charge >= 0.3 is 0 Å². The number of nitrogens with zero attached hydrogens (tertiary/aromatic N) is 2. The topological polar surface area (TPSA) is 27.0 Å². The Labute approximate surface area is 140 Å². The first-order chi connectivity index (χ1) is 11.0. The highest BCUT2D eigenvalue weighted by Gasteiger charge is 2.25. The van der Waals surface area contributed by atoms with Crippen molar-refractivity contribution in [2.75, 3.05) is 7.05 Å². The number of benzene rings is 2. The van der Waals surface area contributed by atoms with Crippen molar-refractivity contribution in [2.45, 2.75) is 44.7 Å². The first-order valence-electron chi connectivity index (χ1n) is 8.22. The maximum absolute atomic E-state index is 9.49. The van der Waals surface area contributed by atoms with Gasteiger partial charge in [-0.05, 0) is 44.9 Å². The number of hydrogen-bond acceptors (Lipinski definition) is 2. The Morgan fingerprint density at radius 3 is 2.13 bits per heavy atom. The van der Waals surface area contributed by atoms with E-state index in [4.69, 9.17) is 0 Å². The third kappa shape index (κ3) is 4.94. The molecule has 120 valence electrons. The van der Waals surface area contributed by atoms with Crippen molar-refractivity contribution in [1.29, 1.82) is 5.26 Å². The highest BCUT2D eigenvalue weighted by atomic mass is 15.2. The first kappa shape index (κ1) is 17.2. The molecular weight excluding hydrogens is 280 g/mol. The highest BCUT2D eigenvalue weighted by molar-refractivity contribution is 5.24. The van der Waals surface area contributed by atoms with E-state index >= 15 is 0 Å². The smallest absolute Gasteiger partial charge is 0.0713 e. The van der Waals surface area contributed by atoms with Crippen molar-refractivity contribution < 1.29 is 0 Å². The quantitative estimate of drug-likeness (QED) is 0.721. The van der Waals surface area contributed by atoms with Crippen LogP contribution in [0.3, 0.4) is 0 Å². The fourth-order valence-corrected chi connectivity index (χ4v) is 2.75. The second kappa shape index (κ2) is 7.94. The van der Waals surface area contributed by atoms with Crippen LogP contribution in [0.2, 0.25) is 0 Å². The van der Waals surface area contributed by atoms with Crippen LogP contribution >= 0.6 is 0 Å². The molecule has 0 aliphatic rings. The summed E-state index contributed by atoms with van der Waals surface area (Å²) in [6.45, 7) is 5.45. The Morgan fingerprint density at radius 2 is 1.57 bits per heavy atom. The molecule has 0 unspecified atom stereocenters. The van der Waals surface area contributed by atoms with E-state index in [-0.39, 0.29) is 11.5 Å². The second-order valence-corrected chi connectivity index (χ2v) is 6.79. The fourth-order valence-electron chi connectivity index (χ4n) is 2.75. The van der Waals surface area contributed by atoms with Crippen molar-refractivity contribution in [3.05, 3.63) is 71.8 Å². The molecule has 0 saturated heterocycles. The van der Waals surface area contributed by atoms with Crippen LogP contribution in [0.25, 0.3) is 0 Å². The van der Waals surface area contributed by atoms with E-state index in [1.807, 2.05) is 24.3 Å².